The summed E-state index contributed by atoms with van der Waals surface area (Å²) in [7, 11) is 0. The monoisotopic (exact) mass is 197 g/mol. The molecular weight excluding hydrogens is 174 g/mol. The molecule has 0 atom stereocenters. The molecule has 0 aromatic rings. The van der Waals surface area contributed by atoms with Gasteiger partial charge in [-0.1, -0.05) is 13.0 Å². The van der Waals surface area contributed by atoms with Gasteiger partial charge in [-0.3, -0.25) is 0 Å². The highest BCUT2D eigenvalue weighted by molar-refractivity contribution is 4.92. The smallest absolute Gasteiger partial charge is 0.0613 e. The molecule has 0 spiro atoms. The summed E-state index contributed by atoms with van der Waals surface area (Å²) in [6.45, 7) is 7.22. The maximum atomic E-state index is 9.44. The molecule has 2 N–H and O–H groups in total. The topological polar surface area (TPSA) is 32.3 Å². The summed E-state index contributed by atoms with van der Waals surface area (Å²) in [5, 5.41) is 12.9. The third kappa shape index (κ3) is 3.10. The quantitative estimate of drug-likeness (QED) is 0.522. The first-order valence-corrected chi connectivity index (χ1v) is 5.69. The fraction of sp³-hybridized carbons (Fsp3) is 0.833. The van der Waals surface area contributed by atoms with Crippen LogP contribution in [0.5, 0.6) is 0 Å². The van der Waals surface area contributed by atoms with Crippen molar-refractivity contribution in [1.29, 1.82) is 0 Å². The van der Waals surface area contributed by atoms with Crippen LogP contribution < -0.4 is 5.32 Å². The molecule has 0 bridgehead atoms. The third-order valence-electron chi connectivity index (χ3n) is 3.38. The molecule has 0 unspecified atom stereocenters. The average molecular weight is 197 g/mol. The third-order valence-corrected chi connectivity index (χ3v) is 3.38. The van der Waals surface area contributed by atoms with Crippen molar-refractivity contribution in [3.8, 4) is 0 Å². The van der Waals surface area contributed by atoms with Gasteiger partial charge in [-0.15, -0.1) is 6.58 Å². The number of hydrogen-bond acceptors (Lipinski definition) is 2. The normalized spacial score (nSPS) is 32.9. The summed E-state index contributed by atoms with van der Waals surface area (Å²) in [4.78, 5) is 0. The zero-order valence-electron chi connectivity index (χ0n) is 9.26. The fourth-order valence-electron chi connectivity index (χ4n) is 2.14. The number of rotatable bonds is 5. The van der Waals surface area contributed by atoms with Crippen molar-refractivity contribution >= 4 is 0 Å². The van der Waals surface area contributed by atoms with Crippen LogP contribution in [0.4, 0.5) is 0 Å². The molecule has 0 saturated heterocycles. The minimum Gasteiger partial charge on any atom is -0.394 e. The zero-order chi connectivity index (χ0) is 10.4. The Morgan fingerprint density at radius 2 is 2.14 bits per heavy atom. The van der Waals surface area contributed by atoms with Crippen molar-refractivity contribution in [2.45, 2.75) is 44.6 Å². The van der Waals surface area contributed by atoms with Gasteiger partial charge in [-0.25, -0.2) is 0 Å². The van der Waals surface area contributed by atoms with Crippen LogP contribution in [-0.4, -0.2) is 23.8 Å². The molecule has 1 rings (SSSR count). The average Bonchev–Trinajstić information content (AvgIpc) is 2.22. The van der Waals surface area contributed by atoms with E-state index in [0.29, 0.717) is 0 Å². The second-order valence-electron chi connectivity index (χ2n) is 4.63. The largest absolute Gasteiger partial charge is 0.394 e. The Balaban J connectivity index is 2.37. The standard InChI is InChI=1S/C12H23NO/c1-3-4-9-13-12(10-14)7-5-11(2)6-8-12/h3,11,13-14H,1,4-10H2,2H3. The summed E-state index contributed by atoms with van der Waals surface area (Å²) in [5.41, 5.74) is 0.00944. The molecule has 0 heterocycles. The highest BCUT2D eigenvalue weighted by Gasteiger charge is 2.32. The second-order valence-corrected chi connectivity index (χ2v) is 4.63. The Hall–Kier alpha value is -0.340. The number of aliphatic hydroxyl groups is 1. The Bertz CT molecular complexity index is 171. The van der Waals surface area contributed by atoms with Gasteiger partial charge in [0.15, 0.2) is 0 Å². The summed E-state index contributed by atoms with van der Waals surface area (Å²) in [6, 6.07) is 0. The summed E-state index contributed by atoms with van der Waals surface area (Å²) in [6.07, 6.45) is 7.60. The van der Waals surface area contributed by atoms with Crippen molar-refractivity contribution in [2.75, 3.05) is 13.2 Å². The van der Waals surface area contributed by atoms with Gasteiger partial charge in [-0.05, 0) is 44.6 Å². The van der Waals surface area contributed by atoms with Crippen LogP contribution in [0, 0.1) is 5.92 Å². The summed E-state index contributed by atoms with van der Waals surface area (Å²) in [5.74, 6) is 0.830. The molecule has 0 radical (unpaired) electrons. The first-order chi connectivity index (χ1) is 6.72. The van der Waals surface area contributed by atoms with Crippen LogP contribution in [0.15, 0.2) is 12.7 Å². The first kappa shape index (κ1) is 11.7. The van der Waals surface area contributed by atoms with E-state index in [0.717, 1.165) is 31.7 Å². The maximum absolute atomic E-state index is 9.44. The van der Waals surface area contributed by atoms with Gasteiger partial charge in [0, 0.05) is 5.54 Å². The van der Waals surface area contributed by atoms with Crippen LogP contribution in [0.2, 0.25) is 0 Å². The Morgan fingerprint density at radius 1 is 1.50 bits per heavy atom. The molecule has 2 heteroatoms. The van der Waals surface area contributed by atoms with E-state index in [9.17, 15) is 5.11 Å². The molecule has 14 heavy (non-hydrogen) atoms. The van der Waals surface area contributed by atoms with Gasteiger partial charge in [0.05, 0.1) is 6.61 Å². The van der Waals surface area contributed by atoms with Crippen LogP contribution in [0.1, 0.15) is 39.0 Å². The molecule has 2 nitrogen and oxygen atoms in total. The lowest BCUT2D eigenvalue weighted by atomic mass is 9.77. The van der Waals surface area contributed by atoms with Crippen LogP contribution >= 0.6 is 0 Å². The van der Waals surface area contributed by atoms with Crippen molar-refractivity contribution in [2.24, 2.45) is 5.92 Å². The lowest BCUT2D eigenvalue weighted by molar-refractivity contribution is 0.106. The van der Waals surface area contributed by atoms with E-state index in [4.69, 9.17) is 0 Å². The van der Waals surface area contributed by atoms with Crippen LogP contribution in [0.3, 0.4) is 0 Å². The van der Waals surface area contributed by atoms with Gasteiger partial charge in [0.1, 0.15) is 0 Å². The van der Waals surface area contributed by atoms with Gasteiger partial charge >= 0.3 is 0 Å². The van der Waals surface area contributed by atoms with E-state index in [1.165, 1.54) is 12.8 Å². The molecule has 82 valence electrons. The molecule has 0 aromatic carbocycles. The van der Waals surface area contributed by atoms with Crippen molar-refractivity contribution in [3.05, 3.63) is 12.7 Å². The molecular formula is C12H23NO. The maximum Gasteiger partial charge on any atom is 0.0613 e. The van der Waals surface area contributed by atoms with E-state index < -0.39 is 0 Å². The molecule has 1 fully saturated rings. The molecule has 0 aliphatic heterocycles. The number of nitrogens with one attached hydrogen (secondary N) is 1. The molecule has 1 aliphatic carbocycles. The predicted molar refractivity (Wildman–Crippen MR) is 60.3 cm³/mol. The minimum absolute atomic E-state index is 0.00944. The molecule has 0 aromatic heterocycles. The van der Waals surface area contributed by atoms with Crippen molar-refractivity contribution in [3.63, 3.8) is 0 Å². The van der Waals surface area contributed by atoms with E-state index in [1.54, 1.807) is 0 Å². The predicted octanol–water partition coefficient (Wildman–Crippen LogP) is 2.09. The fourth-order valence-corrected chi connectivity index (χ4v) is 2.14. The van der Waals surface area contributed by atoms with E-state index in [2.05, 4.69) is 18.8 Å². The Labute approximate surface area is 87.4 Å². The van der Waals surface area contributed by atoms with E-state index in [-0.39, 0.29) is 12.1 Å². The van der Waals surface area contributed by atoms with Crippen LogP contribution in [0.25, 0.3) is 0 Å². The number of aliphatic hydroxyl groups excluding tert-OH is 1. The van der Waals surface area contributed by atoms with Gasteiger partial charge in [0.2, 0.25) is 0 Å². The lowest BCUT2D eigenvalue weighted by Crippen LogP contribution is -2.51. The van der Waals surface area contributed by atoms with E-state index >= 15 is 0 Å². The van der Waals surface area contributed by atoms with Crippen molar-refractivity contribution in [1.82, 2.24) is 5.32 Å². The summed E-state index contributed by atoms with van der Waals surface area (Å²) >= 11 is 0. The zero-order valence-corrected chi connectivity index (χ0v) is 9.26. The molecule has 1 saturated carbocycles. The Morgan fingerprint density at radius 3 is 2.64 bits per heavy atom. The SMILES string of the molecule is C=CCCNC1(CO)CCC(C)CC1. The van der Waals surface area contributed by atoms with Gasteiger partial charge in [0.25, 0.3) is 0 Å². The lowest BCUT2D eigenvalue weighted by Gasteiger charge is -2.39. The number of hydrogen-bond donors (Lipinski definition) is 2. The summed E-state index contributed by atoms with van der Waals surface area (Å²) < 4.78 is 0. The van der Waals surface area contributed by atoms with Crippen LogP contribution in [-0.2, 0) is 0 Å². The Kier molecular flexibility index (Phi) is 4.63. The van der Waals surface area contributed by atoms with Gasteiger partial charge in [-0.2, -0.15) is 0 Å². The van der Waals surface area contributed by atoms with E-state index in [1.807, 2.05) is 6.08 Å². The first-order valence-electron chi connectivity index (χ1n) is 5.69. The minimum atomic E-state index is 0.00944. The highest BCUT2D eigenvalue weighted by Crippen LogP contribution is 2.31. The second kappa shape index (κ2) is 5.52. The molecule has 0 amide bonds. The van der Waals surface area contributed by atoms with Gasteiger partial charge < -0.3 is 10.4 Å². The van der Waals surface area contributed by atoms with Crippen molar-refractivity contribution < 1.29 is 5.11 Å². The highest BCUT2D eigenvalue weighted by atomic mass is 16.3. The molecule has 1 aliphatic rings.